The van der Waals surface area contributed by atoms with E-state index < -0.39 is 25.1 Å². The summed E-state index contributed by atoms with van der Waals surface area (Å²) >= 11 is 0. The summed E-state index contributed by atoms with van der Waals surface area (Å²) in [7, 11) is 0. The number of alkyl halides is 2. The van der Waals surface area contributed by atoms with E-state index in [-0.39, 0.29) is 24.0 Å². The molecule has 0 aromatic heterocycles. The fourth-order valence-electron chi connectivity index (χ4n) is 3.74. The van der Waals surface area contributed by atoms with Gasteiger partial charge in [-0.1, -0.05) is 12.1 Å². The molecular formula is C18H20F2N2O4. The third-order valence-electron chi connectivity index (χ3n) is 5.36. The molecule has 0 bridgehead atoms. The molecule has 1 aliphatic carbocycles. The SMILES string of the molecule is O=C1NC(c2ccc(OCC(F)F)cc2)C(=O)N2CC3(CCC3)OCC12. The number of ether oxygens (including phenoxy) is 2. The maximum Gasteiger partial charge on any atom is 0.272 e. The smallest absolute Gasteiger partial charge is 0.272 e. The van der Waals surface area contributed by atoms with Crippen LogP contribution in [0.25, 0.3) is 0 Å². The summed E-state index contributed by atoms with van der Waals surface area (Å²) in [4.78, 5) is 27.0. The number of nitrogens with one attached hydrogen (secondary N) is 1. The minimum absolute atomic E-state index is 0.162. The van der Waals surface area contributed by atoms with Crippen LogP contribution in [0.5, 0.6) is 5.75 Å². The molecule has 0 radical (unpaired) electrons. The van der Waals surface area contributed by atoms with E-state index in [1.54, 1.807) is 17.0 Å². The quantitative estimate of drug-likeness (QED) is 0.880. The van der Waals surface area contributed by atoms with Gasteiger partial charge in [-0.3, -0.25) is 9.59 Å². The molecule has 1 spiro atoms. The number of halogens is 2. The minimum atomic E-state index is -2.55. The minimum Gasteiger partial charge on any atom is -0.488 e. The summed E-state index contributed by atoms with van der Waals surface area (Å²) < 4.78 is 35.2. The number of nitrogens with zero attached hydrogens (tertiary/aromatic N) is 1. The Balaban J connectivity index is 1.50. The fourth-order valence-corrected chi connectivity index (χ4v) is 3.74. The van der Waals surface area contributed by atoms with E-state index in [0.717, 1.165) is 19.3 Å². The third kappa shape index (κ3) is 3.02. The number of benzene rings is 1. The van der Waals surface area contributed by atoms with E-state index in [1.807, 2.05) is 0 Å². The lowest BCUT2D eigenvalue weighted by atomic mass is 9.77. The summed E-state index contributed by atoms with van der Waals surface area (Å²) in [5.74, 6) is -0.103. The number of morpholine rings is 1. The lowest BCUT2D eigenvalue weighted by Crippen LogP contribution is -2.69. The Bertz CT molecular complexity index is 706. The molecule has 140 valence electrons. The van der Waals surface area contributed by atoms with Crippen LogP contribution < -0.4 is 10.1 Å². The first-order valence-corrected chi connectivity index (χ1v) is 8.73. The molecule has 2 aliphatic heterocycles. The van der Waals surface area contributed by atoms with Gasteiger partial charge in [-0.05, 0) is 37.0 Å². The molecule has 3 aliphatic rings. The topological polar surface area (TPSA) is 67.9 Å². The molecule has 1 saturated carbocycles. The molecule has 8 heteroatoms. The van der Waals surface area contributed by atoms with Crippen LogP contribution in [-0.4, -0.2) is 54.5 Å². The van der Waals surface area contributed by atoms with Gasteiger partial charge in [0.25, 0.3) is 12.3 Å². The van der Waals surface area contributed by atoms with Crippen molar-refractivity contribution >= 4 is 11.8 Å². The Morgan fingerprint density at radius 3 is 2.62 bits per heavy atom. The van der Waals surface area contributed by atoms with Crippen molar-refractivity contribution in [2.24, 2.45) is 0 Å². The van der Waals surface area contributed by atoms with E-state index in [4.69, 9.17) is 9.47 Å². The number of hydrogen-bond acceptors (Lipinski definition) is 4. The molecule has 3 fully saturated rings. The average Bonchev–Trinajstić information content (AvgIpc) is 2.62. The highest BCUT2D eigenvalue weighted by molar-refractivity contribution is 5.97. The van der Waals surface area contributed by atoms with E-state index in [1.165, 1.54) is 12.1 Å². The Morgan fingerprint density at radius 1 is 1.27 bits per heavy atom. The number of fused-ring (bicyclic) bond motifs is 1. The summed E-state index contributed by atoms with van der Waals surface area (Å²) in [5.41, 5.74) is 0.307. The number of rotatable bonds is 4. The molecule has 2 unspecified atom stereocenters. The first-order valence-electron chi connectivity index (χ1n) is 8.73. The molecule has 26 heavy (non-hydrogen) atoms. The second-order valence-electron chi connectivity index (χ2n) is 7.04. The molecule has 1 N–H and O–H groups in total. The standard InChI is InChI=1S/C18H20F2N2O4/c19-14(20)9-25-12-4-2-11(3-5-12)15-17(24)22-10-18(6-1-7-18)26-8-13(22)16(23)21-15/h2-5,13-15H,1,6-10H2,(H,21,23). The highest BCUT2D eigenvalue weighted by atomic mass is 19.3. The van der Waals surface area contributed by atoms with Gasteiger partial charge in [0.2, 0.25) is 5.91 Å². The lowest BCUT2D eigenvalue weighted by molar-refractivity contribution is -0.192. The van der Waals surface area contributed by atoms with Gasteiger partial charge < -0.3 is 19.7 Å². The molecule has 2 atom stereocenters. The predicted octanol–water partition coefficient (Wildman–Crippen LogP) is 1.65. The molecular weight excluding hydrogens is 346 g/mol. The van der Waals surface area contributed by atoms with Gasteiger partial charge >= 0.3 is 0 Å². The lowest BCUT2D eigenvalue weighted by Gasteiger charge is -2.53. The molecule has 2 heterocycles. The maximum absolute atomic E-state index is 13.0. The van der Waals surface area contributed by atoms with Gasteiger partial charge in [0.15, 0.2) is 0 Å². The van der Waals surface area contributed by atoms with Crippen LogP contribution in [0.2, 0.25) is 0 Å². The first kappa shape index (κ1) is 17.2. The molecule has 6 nitrogen and oxygen atoms in total. The van der Waals surface area contributed by atoms with Gasteiger partial charge in [-0.15, -0.1) is 0 Å². The van der Waals surface area contributed by atoms with Crippen LogP contribution in [0.15, 0.2) is 24.3 Å². The monoisotopic (exact) mass is 366 g/mol. The van der Waals surface area contributed by atoms with E-state index in [2.05, 4.69) is 5.32 Å². The Morgan fingerprint density at radius 2 is 2.00 bits per heavy atom. The summed E-state index contributed by atoms with van der Waals surface area (Å²) in [6.45, 7) is -0.0172. The van der Waals surface area contributed by atoms with Crippen molar-refractivity contribution in [2.75, 3.05) is 19.8 Å². The number of carbonyl (C=O) groups excluding carboxylic acids is 2. The highest BCUT2D eigenvalue weighted by Gasteiger charge is 2.51. The van der Waals surface area contributed by atoms with Gasteiger partial charge in [0.05, 0.1) is 18.8 Å². The number of piperazine rings is 1. The number of hydrogen-bond donors (Lipinski definition) is 1. The van der Waals surface area contributed by atoms with E-state index in [9.17, 15) is 18.4 Å². The summed E-state index contributed by atoms with van der Waals surface area (Å²) in [5, 5.41) is 2.74. The number of carbonyl (C=O) groups is 2. The summed E-state index contributed by atoms with van der Waals surface area (Å²) in [6.07, 6.45) is 0.339. The van der Waals surface area contributed by atoms with E-state index >= 15 is 0 Å². The highest BCUT2D eigenvalue weighted by Crippen LogP contribution is 2.41. The van der Waals surface area contributed by atoms with Crippen molar-refractivity contribution in [3.8, 4) is 5.75 Å². The Kier molecular flexibility index (Phi) is 4.30. The number of amides is 2. The van der Waals surface area contributed by atoms with Crippen molar-refractivity contribution in [2.45, 2.75) is 43.4 Å². The van der Waals surface area contributed by atoms with Crippen LogP contribution in [0, 0.1) is 0 Å². The molecule has 1 aromatic carbocycles. The first-order chi connectivity index (χ1) is 12.5. The fraction of sp³-hybridized carbons (Fsp3) is 0.556. The Labute approximate surface area is 149 Å². The van der Waals surface area contributed by atoms with E-state index in [0.29, 0.717) is 17.9 Å². The van der Waals surface area contributed by atoms with Crippen LogP contribution >= 0.6 is 0 Å². The summed E-state index contributed by atoms with van der Waals surface area (Å²) in [6, 6.07) is 4.91. The predicted molar refractivity (Wildman–Crippen MR) is 86.9 cm³/mol. The van der Waals surface area contributed by atoms with Crippen molar-refractivity contribution < 1.29 is 27.8 Å². The van der Waals surface area contributed by atoms with Crippen molar-refractivity contribution in [1.29, 1.82) is 0 Å². The van der Waals surface area contributed by atoms with Gasteiger partial charge in [-0.2, -0.15) is 0 Å². The zero-order valence-corrected chi connectivity index (χ0v) is 14.1. The molecule has 1 aromatic rings. The van der Waals surface area contributed by atoms with Crippen molar-refractivity contribution in [1.82, 2.24) is 10.2 Å². The van der Waals surface area contributed by atoms with Gasteiger partial charge in [0.1, 0.15) is 24.4 Å². The second-order valence-corrected chi connectivity index (χ2v) is 7.04. The molecule has 2 amide bonds. The largest absolute Gasteiger partial charge is 0.488 e. The van der Waals surface area contributed by atoms with Crippen LogP contribution in [-0.2, 0) is 14.3 Å². The van der Waals surface area contributed by atoms with Gasteiger partial charge in [0, 0.05) is 0 Å². The molecule has 4 rings (SSSR count). The molecule has 2 saturated heterocycles. The Hall–Kier alpha value is -2.22. The van der Waals surface area contributed by atoms with Crippen LogP contribution in [0.4, 0.5) is 8.78 Å². The van der Waals surface area contributed by atoms with Gasteiger partial charge in [-0.25, -0.2) is 8.78 Å². The maximum atomic E-state index is 13.0. The normalized spacial score (nSPS) is 27.1. The van der Waals surface area contributed by atoms with Crippen LogP contribution in [0.3, 0.4) is 0 Å². The second kappa shape index (κ2) is 6.50. The van der Waals surface area contributed by atoms with Crippen LogP contribution in [0.1, 0.15) is 30.9 Å². The zero-order valence-electron chi connectivity index (χ0n) is 14.1. The van der Waals surface area contributed by atoms with Crippen molar-refractivity contribution in [3.05, 3.63) is 29.8 Å². The third-order valence-corrected chi connectivity index (χ3v) is 5.36. The zero-order chi connectivity index (χ0) is 18.3. The van der Waals surface area contributed by atoms with Crippen molar-refractivity contribution in [3.63, 3.8) is 0 Å². The average molecular weight is 366 g/mol.